The van der Waals surface area contributed by atoms with Crippen molar-refractivity contribution in [2.75, 3.05) is 0 Å². The lowest BCUT2D eigenvalue weighted by Crippen LogP contribution is -2.17. The molecule has 3 aromatic carbocycles. The van der Waals surface area contributed by atoms with Gasteiger partial charge >= 0.3 is 0 Å². The van der Waals surface area contributed by atoms with Crippen LogP contribution < -0.4 is 0 Å². The lowest BCUT2D eigenvalue weighted by atomic mass is 10.2. The summed E-state index contributed by atoms with van der Waals surface area (Å²) in [7, 11) is -4.02. The van der Waals surface area contributed by atoms with E-state index in [9.17, 15) is 13.6 Å². The highest BCUT2D eigenvalue weighted by molar-refractivity contribution is 7.90. The third-order valence-corrected chi connectivity index (χ3v) is 4.84. The number of hydrogen-bond acceptors (Lipinski definition) is 5. The van der Waals surface area contributed by atoms with E-state index in [1.165, 1.54) is 12.1 Å². The van der Waals surface area contributed by atoms with E-state index in [4.69, 9.17) is 4.74 Å². The van der Waals surface area contributed by atoms with Gasteiger partial charge in [0.2, 0.25) is 5.90 Å². The SMILES string of the molecule is O=S(=O)(/N=C(/O/C(=N/O)c1ccccc1)c1ccccc1)c1ccccc1. The maximum Gasteiger partial charge on any atom is 0.285 e. The molecule has 0 heterocycles. The molecule has 0 saturated heterocycles. The standard InChI is InChI=1S/C20H16N2O4S/c23-21-19(16-10-4-1-5-11-16)26-20(17-12-6-2-7-13-17)22-27(24,25)18-14-8-3-9-15-18/h1-15,23H/b21-19+,22-20+. The van der Waals surface area contributed by atoms with E-state index in [1.807, 2.05) is 0 Å². The van der Waals surface area contributed by atoms with Crippen LogP contribution in [-0.4, -0.2) is 25.4 Å². The number of nitrogens with zero attached hydrogens (tertiary/aromatic N) is 2. The molecular weight excluding hydrogens is 364 g/mol. The fourth-order valence-corrected chi connectivity index (χ4v) is 3.24. The maximum absolute atomic E-state index is 12.7. The molecular formula is C20H16N2O4S. The van der Waals surface area contributed by atoms with Gasteiger partial charge in [0.05, 0.1) is 4.90 Å². The number of sulfonamides is 1. The van der Waals surface area contributed by atoms with Crippen LogP contribution in [0, 0.1) is 0 Å². The molecule has 0 fully saturated rings. The van der Waals surface area contributed by atoms with Gasteiger partial charge < -0.3 is 9.94 Å². The molecule has 0 spiro atoms. The van der Waals surface area contributed by atoms with Crippen molar-refractivity contribution < 1.29 is 18.4 Å². The molecule has 136 valence electrons. The third-order valence-electron chi connectivity index (χ3n) is 3.57. The summed E-state index contributed by atoms with van der Waals surface area (Å²) >= 11 is 0. The first-order chi connectivity index (χ1) is 13.1. The van der Waals surface area contributed by atoms with E-state index in [2.05, 4.69) is 9.55 Å². The van der Waals surface area contributed by atoms with Gasteiger partial charge in [0, 0.05) is 11.1 Å². The Hall–Kier alpha value is -3.45. The molecule has 7 heteroatoms. The van der Waals surface area contributed by atoms with E-state index < -0.39 is 10.0 Å². The highest BCUT2D eigenvalue weighted by Gasteiger charge is 2.19. The Balaban J connectivity index is 2.05. The normalized spacial score (nSPS) is 12.6. The summed E-state index contributed by atoms with van der Waals surface area (Å²) in [6.07, 6.45) is 0. The largest absolute Gasteiger partial charge is 0.416 e. The average molecular weight is 380 g/mol. The lowest BCUT2D eigenvalue weighted by Gasteiger charge is -2.10. The molecule has 3 aromatic rings. The van der Waals surface area contributed by atoms with Crippen molar-refractivity contribution in [1.82, 2.24) is 0 Å². The average Bonchev–Trinajstić information content (AvgIpc) is 2.73. The Bertz CT molecular complexity index is 1050. The highest BCUT2D eigenvalue weighted by Crippen LogP contribution is 2.15. The van der Waals surface area contributed by atoms with Crippen molar-refractivity contribution in [1.29, 1.82) is 0 Å². The van der Waals surface area contributed by atoms with Gasteiger partial charge in [0.15, 0.2) is 0 Å². The second-order valence-corrected chi connectivity index (χ2v) is 7.03. The van der Waals surface area contributed by atoms with Crippen LogP contribution >= 0.6 is 0 Å². The summed E-state index contributed by atoms with van der Waals surface area (Å²) in [4.78, 5) is 0.0317. The van der Waals surface area contributed by atoms with E-state index in [-0.39, 0.29) is 16.7 Å². The van der Waals surface area contributed by atoms with Gasteiger partial charge in [-0.15, -0.1) is 4.40 Å². The van der Waals surface area contributed by atoms with Crippen LogP contribution in [0.25, 0.3) is 0 Å². The topological polar surface area (TPSA) is 88.3 Å². The fraction of sp³-hybridized carbons (Fsp3) is 0. The van der Waals surface area contributed by atoms with Gasteiger partial charge in [0.1, 0.15) is 0 Å². The van der Waals surface area contributed by atoms with Gasteiger partial charge in [-0.1, -0.05) is 54.6 Å². The van der Waals surface area contributed by atoms with Crippen LogP contribution in [0.3, 0.4) is 0 Å². The molecule has 0 aliphatic heterocycles. The molecule has 0 atom stereocenters. The van der Waals surface area contributed by atoms with Crippen molar-refractivity contribution in [2.24, 2.45) is 9.55 Å². The summed E-state index contributed by atoms with van der Waals surface area (Å²) in [5.41, 5.74) is 0.898. The first kappa shape index (κ1) is 18.3. The van der Waals surface area contributed by atoms with Crippen LogP contribution in [-0.2, 0) is 14.8 Å². The molecule has 3 rings (SSSR count). The molecule has 0 aliphatic rings. The van der Waals surface area contributed by atoms with E-state index >= 15 is 0 Å². The van der Waals surface area contributed by atoms with Gasteiger partial charge in [-0.3, -0.25) is 0 Å². The predicted octanol–water partition coefficient (Wildman–Crippen LogP) is 3.67. The Kier molecular flexibility index (Phi) is 5.63. The van der Waals surface area contributed by atoms with Crippen LogP contribution in [0.4, 0.5) is 0 Å². The van der Waals surface area contributed by atoms with Crippen LogP contribution in [0.15, 0.2) is 105 Å². The molecule has 0 saturated carbocycles. The number of oxime groups is 1. The quantitative estimate of drug-likeness (QED) is 0.324. The molecule has 0 unspecified atom stereocenters. The van der Waals surface area contributed by atoms with Crippen molar-refractivity contribution in [2.45, 2.75) is 4.90 Å². The van der Waals surface area contributed by atoms with Gasteiger partial charge in [-0.25, -0.2) is 0 Å². The Morgan fingerprint density at radius 1 is 0.704 bits per heavy atom. The molecule has 6 nitrogen and oxygen atoms in total. The minimum Gasteiger partial charge on any atom is -0.416 e. The van der Waals surface area contributed by atoms with E-state index in [0.29, 0.717) is 11.1 Å². The van der Waals surface area contributed by atoms with Crippen molar-refractivity contribution in [3.8, 4) is 0 Å². The van der Waals surface area contributed by atoms with E-state index in [0.717, 1.165) is 0 Å². The first-order valence-electron chi connectivity index (χ1n) is 8.01. The van der Waals surface area contributed by atoms with Crippen LogP contribution in [0.1, 0.15) is 11.1 Å². The number of rotatable bonds is 4. The zero-order chi connectivity index (χ0) is 19.1. The first-order valence-corrected chi connectivity index (χ1v) is 9.45. The second-order valence-electron chi connectivity index (χ2n) is 5.42. The zero-order valence-electron chi connectivity index (χ0n) is 14.1. The summed E-state index contributed by atoms with van der Waals surface area (Å²) in [6, 6.07) is 25.0. The highest BCUT2D eigenvalue weighted by atomic mass is 32.2. The monoisotopic (exact) mass is 380 g/mol. The lowest BCUT2D eigenvalue weighted by molar-refractivity contribution is 0.304. The minimum atomic E-state index is -4.02. The van der Waals surface area contributed by atoms with Crippen molar-refractivity contribution in [3.05, 3.63) is 102 Å². The van der Waals surface area contributed by atoms with Gasteiger partial charge in [0.25, 0.3) is 15.9 Å². The predicted molar refractivity (Wildman–Crippen MR) is 102 cm³/mol. The Morgan fingerprint density at radius 3 is 1.63 bits per heavy atom. The summed E-state index contributed by atoms with van der Waals surface area (Å²) in [6.45, 7) is 0. The molecule has 27 heavy (non-hydrogen) atoms. The van der Waals surface area contributed by atoms with Gasteiger partial charge in [-0.05, 0) is 41.6 Å². The van der Waals surface area contributed by atoms with Crippen LogP contribution in [0.5, 0.6) is 0 Å². The second kappa shape index (κ2) is 8.29. The Labute approximate surface area is 157 Å². The van der Waals surface area contributed by atoms with Crippen molar-refractivity contribution in [3.63, 3.8) is 0 Å². The van der Waals surface area contributed by atoms with Crippen molar-refractivity contribution >= 4 is 21.8 Å². The number of ether oxygens (including phenoxy) is 1. The number of hydrogen-bond donors (Lipinski definition) is 1. The molecule has 0 radical (unpaired) electrons. The van der Waals surface area contributed by atoms with Gasteiger partial charge in [-0.2, -0.15) is 8.42 Å². The zero-order valence-corrected chi connectivity index (χ0v) is 15.0. The van der Waals surface area contributed by atoms with Crippen LogP contribution in [0.2, 0.25) is 0 Å². The minimum absolute atomic E-state index is 0.0317. The molecule has 1 N–H and O–H groups in total. The smallest absolute Gasteiger partial charge is 0.285 e. The molecule has 0 aliphatic carbocycles. The maximum atomic E-state index is 12.7. The summed E-state index contributed by atoms with van der Waals surface area (Å²) in [5.74, 6) is -0.363. The number of benzene rings is 3. The van der Waals surface area contributed by atoms with E-state index in [1.54, 1.807) is 78.9 Å². The molecule has 0 bridgehead atoms. The summed E-state index contributed by atoms with van der Waals surface area (Å²) in [5, 5.41) is 12.5. The fourth-order valence-electron chi connectivity index (χ4n) is 2.27. The molecule has 0 amide bonds. The Morgan fingerprint density at radius 2 is 1.15 bits per heavy atom. The third kappa shape index (κ3) is 4.59. The summed E-state index contributed by atoms with van der Waals surface area (Å²) < 4.78 is 34.7. The molecule has 0 aromatic heterocycles.